The largest absolute Gasteiger partial charge is 0.396 e. The van der Waals surface area contributed by atoms with Gasteiger partial charge in [0, 0.05) is 57.6 Å². The van der Waals surface area contributed by atoms with Crippen molar-refractivity contribution in [2.24, 2.45) is 5.92 Å². The lowest BCUT2D eigenvalue weighted by Gasteiger charge is -2.33. The fourth-order valence-corrected chi connectivity index (χ4v) is 4.16. The van der Waals surface area contributed by atoms with E-state index in [4.69, 9.17) is 0 Å². The molecule has 1 aromatic heterocycles. The molecule has 0 aliphatic carbocycles. The Morgan fingerprint density at radius 1 is 0.893 bits per heavy atom. The molecule has 28 heavy (non-hydrogen) atoms. The van der Waals surface area contributed by atoms with Crippen LogP contribution in [0.4, 0.5) is 21.7 Å². The fourth-order valence-electron chi connectivity index (χ4n) is 4.16. The van der Waals surface area contributed by atoms with Gasteiger partial charge in [-0.1, -0.05) is 0 Å². The second kappa shape index (κ2) is 8.73. The molecule has 0 spiro atoms. The van der Waals surface area contributed by atoms with Crippen molar-refractivity contribution in [3.63, 3.8) is 0 Å². The number of aromatic nitrogens is 2. The first-order valence-corrected chi connectivity index (χ1v) is 10.2. The molecule has 0 amide bonds. The molecule has 2 aliphatic rings. The maximum absolute atomic E-state index is 13.2. The minimum Gasteiger partial charge on any atom is -0.396 e. The molecule has 1 aromatic carbocycles. The van der Waals surface area contributed by atoms with E-state index in [-0.39, 0.29) is 12.4 Å². The predicted molar refractivity (Wildman–Crippen MR) is 109 cm³/mol. The highest BCUT2D eigenvalue weighted by atomic mass is 19.1. The van der Waals surface area contributed by atoms with Gasteiger partial charge in [-0.3, -0.25) is 0 Å². The number of halogens is 1. The highest BCUT2D eigenvalue weighted by Crippen LogP contribution is 2.25. The molecule has 0 radical (unpaired) electrons. The number of hydrogen-bond donors (Lipinski definition) is 1. The van der Waals surface area contributed by atoms with Crippen LogP contribution in [0.3, 0.4) is 0 Å². The van der Waals surface area contributed by atoms with Crippen LogP contribution in [0.2, 0.25) is 0 Å². The molecule has 1 atom stereocenters. The van der Waals surface area contributed by atoms with E-state index in [0.29, 0.717) is 5.92 Å². The maximum atomic E-state index is 13.2. The Kier molecular flexibility index (Phi) is 5.90. The van der Waals surface area contributed by atoms with Gasteiger partial charge in [-0.25, -0.2) is 14.4 Å². The first-order valence-electron chi connectivity index (χ1n) is 10.2. The fraction of sp³-hybridized carbons (Fsp3) is 0.524. The molecule has 1 unspecified atom stereocenters. The molecule has 7 heteroatoms. The Hall–Kier alpha value is -2.41. The van der Waals surface area contributed by atoms with Crippen molar-refractivity contribution >= 4 is 17.3 Å². The van der Waals surface area contributed by atoms with Crippen molar-refractivity contribution in [2.45, 2.75) is 19.3 Å². The van der Waals surface area contributed by atoms with Crippen molar-refractivity contribution in [2.75, 3.05) is 60.6 Å². The third-order valence-electron chi connectivity index (χ3n) is 5.75. The smallest absolute Gasteiger partial charge is 0.134 e. The molecule has 2 saturated heterocycles. The molecule has 2 aliphatic heterocycles. The van der Waals surface area contributed by atoms with E-state index in [1.165, 1.54) is 12.1 Å². The topological polar surface area (TPSA) is 55.7 Å². The molecule has 4 rings (SSSR count). The van der Waals surface area contributed by atoms with E-state index in [2.05, 4.69) is 30.7 Å². The summed E-state index contributed by atoms with van der Waals surface area (Å²) in [7, 11) is 0. The lowest BCUT2D eigenvalue weighted by atomic mass is 9.99. The van der Waals surface area contributed by atoms with Crippen molar-refractivity contribution in [3.05, 3.63) is 42.5 Å². The minimum absolute atomic E-state index is 0.199. The lowest BCUT2D eigenvalue weighted by Crippen LogP contribution is -2.37. The van der Waals surface area contributed by atoms with Gasteiger partial charge in [0.15, 0.2) is 0 Å². The number of nitrogens with zero attached hydrogens (tertiary/aromatic N) is 5. The summed E-state index contributed by atoms with van der Waals surface area (Å²) in [6.45, 7) is 5.70. The van der Waals surface area contributed by atoms with Crippen LogP contribution in [-0.4, -0.2) is 60.9 Å². The Morgan fingerprint density at radius 2 is 1.57 bits per heavy atom. The zero-order valence-corrected chi connectivity index (χ0v) is 16.2. The first kappa shape index (κ1) is 18.9. The van der Waals surface area contributed by atoms with E-state index in [1.54, 1.807) is 6.33 Å². The van der Waals surface area contributed by atoms with Crippen LogP contribution in [-0.2, 0) is 0 Å². The molecule has 2 fully saturated rings. The van der Waals surface area contributed by atoms with E-state index < -0.39 is 0 Å². The van der Waals surface area contributed by atoms with E-state index in [1.807, 2.05) is 12.1 Å². The maximum Gasteiger partial charge on any atom is 0.134 e. The monoisotopic (exact) mass is 385 g/mol. The molecule has 1 N–H and O–H groups in total. The summed E-state index contributed by atoms with van der Waals surface area (Å²) < 4.78 is 13.2. The van der Waals surface area contributed by atoms with Gasteiger partial charge in [-0.2, -0.15) is 0 Å². The Morgan fingerprint density at radius 3 is 2.36 bits per heavy atom. The second-order valence-corrected chi connectivity index (χ2v) is 7.68. The summed E-state index contributed by atoms with van der Waals surface area (Å²) >= 11 is 0. The number of piperidine rings is 1. The molecule has 0 bridgehead atoms. The van der Waals surface area contributed by atoms with Gasteiger partial charge in [0.05, 0.1) is 0 Å². The molecule has 2 aromatic rings. The van der Waals surface area contributed by atoms with E-state index in [9.17, 15) is 9.50 Å². The second-order valence-electron chi connectivity index (χ2n) is 7.68. The summed E-state index contributed by atoms with van der Waals surface area (Å²) in [5.74, 6) is 2.03. The number of benzene rings is 1. The van der Waals surface area contributed by atoms with Crippen LogP contribution in [0.1, 0.15) is 19.3 Å². The summed E-state index contributed by atoms with van der Waals surface area (Å²) in [6.07, 6.45) is 4.83. The SMILES string of the molecule is OCC1CCCN(c2cc(N3CCCN(c4ccc(F)cc4)CC3)ncn2)C1. The average molecular weight is 385 g/mol. The minimum atomic E-state index is -0.199. The van der Waals surface area contributed by atoms with Gasteiger partial charge in [0.2, 0.25) is 0 Å². The van der Waals surface area contributed by atoms with Gasteiger partial charge in [-0.15, -0.1) is 0 Å². The number of anilines is 3. The van der Waals surface area contributed by atoms with Crippen molar-refractivity contribution in [1.82, 2.24) is 9.97 Å². The molecular formula is C21H28FN5O. The van der Waals surface area contributed by atoms with Crippen LogP contribution in [0, 0.1) is 11.7 Å². The van der Waals surface area contributed by atoms with Crippen LogP contribution in [0.5, 0.6) is 0 Å². The third kappa shape index (κ3) is 4.35. The highest BCUT2D eigenvalue weighted by molar-refractivity contribution is 5.52. The molecular weight excluding hydrogens is 357 g/mol. The van der Waals surface area contributed by atoms with Crippen molar-refractivity contribution < 1.29 is 9.50 Å². The van der Waals surface area contributed by atoms with Gasteiger partial charge < -0.3 is 19.8 Å². The molecule has 3 heterocycles. The Labute approximate surface area is 165 Å². The van der Waals surface area contributed by atoms with Crippen LogP contribution in [0.15, 0.2) is 36.7 Å². The van der Waals surface area contributed by atoms with E-state index in [0.717, 1.165) is 75.9 Å². The van der Waals surface area contributed by atoms with Gasteiger partial charge in [0.1, 0.15) is 23.8 Å². The van der Waals surface area contributed by atoms with Crippen LogP contribution < -0.4 is 14.7 Å². The van der Waals surface area contributed by atoms with Gasteiger partial charge in [0.25, 0.3) is 0 Å². The third-order valence-corrected chi connectivity index (χ3v) is 5.75. The summed E-state index contributed by atoms with van der Waals surface area (Å²) in [5, 5.41) is 9.49. The van der Waals surface area contributed by atoms with Crippen molar-refractivity contribution in [1.29, 1.82) is 0 Å². The van der Waals surface area contributed by atoms with Crippen molar-refractivity contribution in [3.8, 4) is 0 Å². The molecule has 150 valence electrons. The standard InChI is InChI=1S/C21H28FN5O/c22-18-4-6-19(7-5-18)25-9-2-10-26(12-11-25)20-13-21(24-16-23-20)27-8-1-3-17(14-27)15-28/h4-7,13,16-17,28H,1-3,8-12,14-15H2. The zero-order chi connectivity index (χ0) is 19.3. The van der Waals surface area contributed by atoms with Crippen LogP contribution in [0.25, 0.3) is 0 Å². The predicted octanol–water partition coefficient (Wildman–Crippen LogP) is 2.54. The summed E-state index contributed by atoms with van der Waals surface area (Å²) in [4.78, 5) is 15.9. The Bertz CT molecular complexity index is 772. The summed E-state index contributed by atoms with van der Waals surface area (Å²) in [6, 6.07) is 8.82. The van der Waals surface area contributed by atoms with E-state index >= 15 is 0 Å². The molecule has 6 nitrogen and oxygen atoms in total. The van der Waals surface area contributed by atoms with Gasteiger partial charge >= 0.3 is 0 Å². The first-order chi connectivity index (χ1) is 13.7. The quantitative estimate of drug-likeness (QED) is 0.873. The average Bonchev–Trinajstić information content (AvgIpc) is 3.01. The normalized spacial score (nSPS) is 20.9. The van der Waals surface area contributed by atoms with Gasteiger partial charge in [-0.05, 0) is 49.4 Å². The number of aliphatic hydroxyl groups is 1. The number of aliphatic hydroxyl groups excluding tert-OH is 1. The number of rotatable bonds is 4. The highest BCUT2D eigenvalue weighted by Gasteiger charge is 2.22. The Balaban J connectivity index is 1.43. The van der Waals surface area contributed by atoms with Crippen LogP contribution >= 0.6 is 0 Å². The number of hydrogen-bond acceptors (Lipinski definition) is 6. The zero-order valence-electron chi connectivity index (χ0n) is 16.2. The lowest BCUT2D eigenvalue weighted by molar-refractivity contribution is 0.208. The summed E-state index contributed by atoms with van der Waals surface area (Å²) in [5.41, 5.74) is 1.06. The molecule has 0 saturated carbocycles.